The molecule has 1 saturated carbocycles. The molecule has 1 aromatic rings. The van der Waals surface area contributed by atoms with E-state index < -0.39 is 11.5 Å². The summed E-state index contributed by atoms with van der Waals surface area (Å²) < 4.78 is 0.828. The molecule has 1 fully saturated rings. The monoisotopic (exact) mass is 422 g/mol. The highest BCUT2D eigenvalue weighted by molar-refractivity contribution is 14.1. The summed E-state index contributed by atoms with van der Waals surface area (Å²) >= 11 is 7.96. The summed E-state index contributed by atoms with van der Waals surface area (Å²) in [5.41, 5.74) is 0.0225. The highest BCUT2D eigenvalue weighted by atomic mass is 127. The third-order valence-corrected chi connectivity index (χ3v) is 4.74. The minimum absolute atomic E-state index is 0.0435. The van der Waals surface area contributed by atoms with Gasteiger partial charge < -0.3 is 15.7 Å². The van der Waals surface area contributed by atoms with Gasteiger partial charge in [-0.25, -0.2) is 4.79 Å². The van der Waals surface area contributed by atoms with Gasteiger partial charge in [0.25, 0.3) is 0 Å². The molecule has 114 valence electrons. The van der Waals surface area contributed by atoms with Gasteiger partial charge in [0, 0.05) is 8.59 Å². The zero-order valence-corrected chi connectivity index (χ0v) is 14.2. The van der Waals surface area contributed by atoms with Crippen LogP contribution in [0.25, 0.3) is 0 Å². The molecule has 5 nitrogen and oxygen atoms in total. The molecule has 3 N–H and O–H groups in total. The van der Waals surface area contributed by atoms with Crippen molar-refractivity contribution in [3.63, 3.8) is 0 Å². The van der Waals surface area contributed by atoms with Crippen LogP contribution in [0.3, 0.4) is 0 Å². The third-order valence-electron chi connectivity index (χ3n) is 3.61. The summed E-state index contributed by atoms with van der Waals surface area (Å²) in [6.07, 6.45) is 3.23. The van der Waals surface area contributed by atoms with E-state index in [1.807, 2.05) is 0 Å². The summed E-state index contributed by atoms with van der Waals surface area (Å²) in [5, 5.41) is 15.2. The molecule has 0 aliphatic heterocycles. The smallest absolute Gasteiger partial charge is 0.319 e. The fraction of sp³-hybridized carbons (Fsp3) is 0.429. The molecule has 7 heteroatoms. The number of carboxylic acids is 1. The minimum Gasteiger partial charge on any atom is -0.481 e. The van der Waals surface area contributed by atoms with Crippen molar-refractivity contribution in [1.29, 1.82) is 0 Å². The molecule has 21 heavy (non-hydrogen) atoms. The average Bonchev–Trinajstić information content (AvgIpc) is 2.80. The third kappa shape index (κ3) is 4.47. The van der Waals surface area contributed by atoms with Crippen molar-refractivity contribution in [3.8, 4) is 0 Å². The van der Waals surface area contributed by atoms with Crippen LogP contribution in [0.15, 0.2) is 18.2 Å². The van der Waals surface area contributed by atoms with Crippen molar-refractivity contribution in [2.75, 3.05) is 5.32 Å². The number of anilines is 1. The molecule has 0 atom stereocenters. The van der Waals surface area contributed by atoms with Gasteiger partial charge in [0.2, 0.25) is 0 Å². The first kappa shape index (κ1) is 16.4. The topological polar surface area (TPSA) is 78.4 Å². The minimum atomic E-state index is -0.890. The molecule has 1 aliphatic carbocycles. The van der Waals surface area contributed by atoms with E-state index in [1.54, 1.807) is 18.2 Å². The Hall–Kier alpha value is -1.02. The van der Waals surface area contributed by atoms with Crippen molar-refractivity contribution >= 4 is 51.9 Å². The summed E-state index contributed by atoms with van der Waals surface area (Å²) in [7, 11) is 0. The maximum atomic E-state index is 12.1. The van der Waals surface area contributed by atoms with Crippen molar-refractivity contribution in [3.05, 3.63) is 26.8 Å². The van der Waals surface area contributed by atoms with Crippen LogP contribution in [0, 0.1) is 3.57 Å². The molecule has 0 saturated heterocycles. The number of hydrogen-bond donors (Lipinski definition) is 3. The van der Waals surface area contributed by atoms with Crippen molar-refractivity contribution in [2.24, 2.45) is 0 Å². The van der Waals surface area contributed by atoms with Crippen LogP contribution in [-0.4, -0.2) is 22.6 Å². The highest BCUT2D eigenvalue weighted by Crippen LogP contribution is 2.33. The molecule has 0 aromatic heterocycles. The Morgan fingerprint density at radius 1 is 1.33 bits per heavy atom. The maximum absolute atomic E-state index is 12.1. The van der Waals surface area contributed by atoms with Crippen LogP contribution in [0.2, 0.25) is 5.02 Å². The molecule has 2 amide bonds. The lowest BCUT2D eigenvalue weighted by molar-refractivity contribution is -0.138. The second-order valence-electron chi connectivity index (χ2n) is 5.26. The van der Waals surface area contributed by atoms with Crippen LogP contribution in [-0.2, 0) is 4.79 Å². The lowest BCUT2D eigenvalue weighted by Gasteiger charge is -2.28. The van der Waals surface area contributed by atoms with E-state index in [4.69, 9.17) is 16.7 Å². The quantitative estimate of drug-likeness (QED) is 0.645. The number of carbonyl (C=O) groups is 2. The fourth-order valence-corrected chi connectivity index (χ4v) is 3.68. The molecular weight excluding hydrogens is 407 g/mol. The number of urea groups is 1. The Kier molecular flexibility index (Phi) is 5.32. The van der Waals surface area contributed by atoms with E-state index in [9.17, 15) is 9.59 Å². The van der Waals surface area contributed by atoms with Gasteiger partial charge in [-0.2, -0.15) is 0 Å². The number of nitrogens with one attached hydrogen (secondary N) is 2. The molecule has 0 bridgehead atoms. The van der Waals surface area contributed by atoms with Gasteiger partial charge in [0.05, 0.1) is 17.6 Å². The zero-order valence-electron chi connectivity index (χ0n) is 11.3. The number of halogens is 2. The van der Waals surface area contributed by atoms with E-state index in [0.29, 0.717) is 23.6 Å². The second-order valence-corrected chi connectivity index (χ2v) is 6.86. The first-order valence-electron chi connectivity index (χ1n) is 6.66. The molecule has 2 rings (SSSR count). The number of aliphatic carboxylic acids is 1. The summed E-state index contributed by atoms with van der Waals surface area (Å²) in [5.74, 6) is -0.890. The van der Waals surface area contributed by atoms with Gasteiger partial charge in [0.1, 0.15) is 0 Å². The molecule has 0 spiro atoms. The molecule has 1 aromatic carbocycles. The maximum Gasteiger partial charge on any atom is 0.319 e. The number of amides is 2. The van der Waals surface area contributed by atoms with Gasteiger partial charge >= 0.3 is 12.0 Å². The summed E-state index contributed by atoms with van der Waals surface area (Å²) in [6, 6.07) is 4.79. The molecular formula is C14H16ClIN2O3. The van der Waals surface area contributed by atoms with Gasteiger partial charge in [-0.1, -0.05) is 24.4 Å². The van der Waals surface area contributed by atoms with Crippen molar-refractivity contribution < 1.29 is 14.7 Å². The van der Waals surface area contributed by atoms with Gasteiger partial charge in [-0.15, -0.1) is 0 Å². The lowest BCUT2D eigenvalue weighted by Crippen LogP contribution is -2.49. The first-order chi connectivity index (χ1) is 9.90. The standard InChI is InChI=1S/C14H16ClIN2O3/c15-9-3-4-11(10(16)7-9)17-13(21)18-14(8-12(19)20)5-1-2-6-14/h3-4,7H,1-2,5-6,8H2,(H,19,20)(H2,17,18,21). The van der Waals surface area contributed by atoms with Gasteiger partial charge in [-0.05, 0) is 53.6 Å². The summed E-state index contributed by atoms with van der Waals surface area (Å²) in [6.45, 7) is 0. The van der Waals surface area contributed by atoms with Crippen molar-refractivity contribution in [2.45, 2.75) is 37.6 Å². The Morgan fingerprint density at radius 3 is 2.57 bits per heavy atom. The van der Waals surface area contributed by atoms with E-state index in [1.165, 1.54) is 0 Å². The fourth-order valence-electron chi connectivity index (χ4n) is 2.67. The number of carbonyl (C=O) groups excluding carboxylic acids is 1. The van der Waals surface area contributed by atoms with E-state index in [2.05, 4.69) is 33.2 Å². The Bertz CT molecular complexity index is 559. The highest BCUT2D eigenvalue weighted by Gasteiger charge is 2.37. The van der Waals surface area contributed by atoms with E-state index >= 15 is 0 Å². The predicted octanol–water partition coefficient (Wildman–Crippen LogP) is 3.85. The molecule has 0 radical (unpaired) electrons. The average molecular weight is 423 g/mol. The number of benzene rings is 1. The van der Waals surface area contributed by atoms with Crippen molar-refractivity contribution in [1.82, 2.24) is 5.32 Å². The lowest BCUT2D eigenvalue weighted by atomic mass is 9.93. The van der Waals surface area contributed by atoms with Crippen LogP contribution < -0.4 is 10.6 Å². The normalized spacial score (nSPS) is 16.5. The van der Waals surface area contributed by atoms with E-state index in [-0.39, 0.29) is 12.5 Å². The SMILES string of the molecule is O=C(O)CC1(NC(=O)Nc2ccc(Cl)cc2I)CCCC1. The van der Waals surface area contributed by atoms with Crippen LogP contribution in [0.5, 0.6) is 0 Å². The largest absolute Gasteiger partial charge is 0.481 e. The second kappa shape index (κ2) is 6.83. The van der Waals surface area contributed by atoms with Gasteiger partial charge in [0.15, 0.2) is 0 Å². The number of rotatable bonds is 4. The number of carboxylic acid groups (broad SMARTS) is 1. The van der Waals surface area contributed by atoms with Gasteiger partial charge in [-0.3, -0.25) is 4.79 Å². The Morgan fingerprint density at radius 2 is 2.00 bits per heavy atom. The van der Waals surface area contributed by atoms with Crippen LogP contribution in [0.4, 0.5) is 10.5 Å². The molecule has 0 unspecified atom stereocenters. The molecule has 0 heterocycles. The first-order valence-corrected chi connectivity index (χ1v) is 8.12. The number of hydrogen-bond acceptors (Lipinski definition) is 2. The predicted molar refractivity (Wildman–Crippen MR) is 89.8 cm³/mol. The molecule has 1 aliphatic rings. The Labute approximate surface area is 141 Å². The van der Waals surface area contributed by atoms with Crippen LogP contribution in [0.1, 0.15) is 32.1 Å². The Balaban J connectivity index is 2.04. The zero-order chi connectivity index (χ0) is 15.5. The summed E-state index contributed by atoms with van der Waals surface area (Å²) in [4.78, 5) is 23.1. The van der Waals surface area contributed by atoms with Crippen LogP contribution >= 0.6 is 34.2 Å². The van der Waals surface area contributed by atoms with E-state index in [0.717, 1.165) is 16.4 Å².